The Labute approximate surface area is 45.1 Å². The summed E-state index contributed by atoms with van der Waals surface area (Å²) >= 11 is 0. The third-order valence-corrected chi connectivity index (χ3v) is 1.90. The molecule has 1 aliphatic heterocycles. The molecule has 1 rings (SSSR count). The van der Waals surface area contributed by atoms with Gasteiger partial charge in [0.15, 0.2) is 0 Å². The van der Waals surface area contributed by atoms with E-state index in [2.05, 4.69) is 19.2 Å². The summed E-state index contributed by atoms with van der Waals surface area (Å²) in [5.41, 5.74) is 0. The SMILES string of the molecule is C[C@@H]1CNC[C@@H]1C. The molecule has 0 amide bonds. The van der Waals surface area contributed by atoms with Crippen LogP contribution in [0, 0.1) is 11.8 Å². The fourth-order valence-electron chi connectivity index (χ4n) is 0.941. The zero-order chi connectivity index (χ0) is 5.28. The normalized spacial score (nSPS) is 42.0. The monoisotopic (exact) mass is 99.1 g/mol. The highest BCUT2D eigenvalue weighted by atomic mass is 14.9. The predicted octanol–water partition coefficient (Wildman–Crippen LogP) is 0.862. The Bertz CT molecular complexity index is 53.2. The van der Waals surface area contributed by atoms with Gasteiger partial charge < -0.3 is 5.32 Å². The summed E-state index contributed by atoms with van der Waals surface area (Å²) < 4.78 is 0. The first kappa shape index (κ1) is 5.10. The molecule has 1 heteroatoms. The molecule has 0 bridgehead atoms. The van der Waals surface area contributed by atoms with Gasteiger partial charge in [0.05, 0.1) is 0 Å². The van der Waals surface area contributed by atoms with Gasteiger partial charge in [-0.25, -0.2) is 0 Å². The standard InChI is InChI=1S/C6H13N/c1-5-3-7-4-6(5)2/h5-7H,3-4H2,1-2H3/t5-,6+. The summed E-state index contributed by atoms with van der Waals surface area (Å²) in [6.45, 7) is 7.04. The van der Waals surface area contributed by atoms with Crippen molar-refractivity contribution < 1.29 is 0 Å². The Morgan fingerprint density at radius 2 is 1.57 bits per heavy atom. The van der Waals surface area contributed by atoms with E-state index >= 15 is 0 Å². The van der Waals surface area contributed by atoms with Crippen molar-refractivity contribution in [3.8, 4) is 0 Å². The predicted molar refractivity (Wildman–Crippen MR) is 31.2 cm³/mol. The summed E-state index contributed by atoms with van der Waals surface area (Å²) in [5, 5.41) is 3.32. The van der Waals surface area contributed by atoms with E-state index in [9.17, 15) is 0 Å². The van der Waals surface area contributed by atoms with Crippen molar-refractivity contribution in [2.75, 3.05) is 13.1 Å². The fraction of sp³-hybridized carbons (Fsp3) is 1.00. The van der Waals surface area contributed by atoms with Gasteiger partial charge in [-0.1, -0.05) is 13.8 Å². The van der Waals surface area contributed by atoms with E-state index in [1.807, 2.05) is 0 Å². The molecule has 0 spiro atoms. The van der Waals surface area contributed by atoms with Crippen LogP contribution in [0.3, 0.4) is 0 Å². The quantitative estimate of drug-likeness (QED) is 0.475. The van der Waals surface area contributed by atoms with Crippen LogP contribution in [0.5, 0.6) is 0 Å². The maximum atomic E-state index is 3.32. The van der Waals surface area contributed by atoms with Crippen molar-refractivity contribution in [1.29, 1.82) is 0 Å². The van der Waals surface area contributed by atoms with E-state index in [4.69, 9.17) is 0 Å². The Hall–Kier alpha value is -0.0400. The molecule has 0 aromatic heterocycles. The summed E-state index contributed by atoms with van der Waals surface area (Å²) in [4.78, 5) is 0. The molecule has 0 aromatic rings. The Kier molecular flexibility index (Phi) is 1.33. The second-order valence-corrected chi connectivity index (χ2v) is 2.61. The molecule has 1 fully saturated rings. The van der Waals surface area contributed by atoms with Crippen molar-refractivity contribution in [1.82, 2.24) is 5.32 Å². The Morgan fingerprint density at radius 3 is 1.71 bits per heavy atom. The molecule has 1 nitrogen and oxygen atoms in total. The minimum absolute atomic E-state index is 0.903. The largest absolute Gasteiger partial charge is 0.316 e. The van der Waals surface area contributed by atoms with Gasteiger partial charge in [0, 0.05) is 0 Å². The highest BCUT2D eigenvalue weighted by Gasteiger charge is 2.16. The number of rotatable bonds is 0. The first-order valence-corrected chi connectivity index (χ1v) is 3.01. The average Bonchev–Trinajstić information content (AvgIpc) is 1.91. The van der Waals surface area contributed by atoms with Gasteiger partial charge in [-0.3, -0.25) is 0 Å². The Morgan fingerprint density at radius 1 is 1.14 bits per heavy atom. The second-order valence-electron chi connectivity index (χ2n) is 2.61. The summed E-state index contributed by atoms with van der Waals surface area (Å²) in [6, 6.07) is 0. The fourth-order valence-corrected chi connectivity index (χ4v) is 0.941. The number of nitrogens with one attached hydrogen (secondary N) is 1. The molecular weight excluding hydrogens is 86.1 g/mol. The van der Waals surface area contributed by atoms with E-state index in [1.54, 1.807) is 0 Å². The topological polar surface area (TPSA) is 12.0 Å². The molecule has 42 valence electrons. The highest BCUT2D eigenvalue weighted by molar-refractivity contribution is 4.73. The highest BCUT2D eigenvalue weighted by Crippen LogP contribution is 2.13. The minimum atomic E-state index is 0.903. The molecule has 1 heterocycles. The third-order valence-electron chi connectivity index (χ3n) is 1.90. The van der Waals surface area contributed by atoms with Gasteiger partial charge in [0.1, 0.15) is 0 Å². The second kappa shape index (κ2) is 1.83. The average molecular weight is 99.2 g/mol. The number of hydrogen-bond donors (Lipinski definition) is 1. The summed E-state index contributed by atoms with van der Waals surface area (Å²) in [6.07, 6.45) is 0. The van der Waals surface area contributed by atoms with Crippen LogP contribution in [-0.4, -0.2) is 13.1 Å². The smallest absolute Gasteiger partial charge is 0.00200 e. The molecule has 2 atom stereocenters. The van der Waals surface area contributed by atoms with Gasteiger partial charge in [-0.05, 0) is 24.9 Å². The molecule has 0 radical (unpaired) electrons. The van der Waals surface area contributed by atoms with E-state index < -0.39 is 0 Å². The van der Waals surface area contributed by atoms with E-state index in [-0.39, 0.29) is 0 Å². The van der Waals surface area contributed by atoms with Crippen LogP contribution >= 0.6 is 0 Å². The molecule has 0 unspecified atom stereocenters. The molecule has 7 heavy (non-hydrogen) atoms. The van der Waals surface area contributed by atoms with Crippen LogP contribution in [0.25, 0.3) is 0 Å². The van der Waals surface area contributed by atoms with Crippen LogP contribution in [0.1, 0.15) is 13.8 Å². The minimum Gasteiger partial charge on any atom is -0.316 e. The molecule has 0 saturated carbocycles. The molecule has 0 aliphatic carbocycles. The lowest BCUT2D eigenvalue weighted by Gasteiger charge is -2.03. The lowest BCUT2D eigenvalue weighted by atomic mass is 10.0. The maximum absolute atomic E-state index is 3.32. The first-order chi connectivity index (χ1) is 3.30. The van der Waals surface area contributed by atoms with Gasteiger partial charge >= 0.3 is 0 Å². The molecule has 1 saturated heterocycles. The van der Waals surface area contributed by atoms with Gasteiger partial charge in [-0.15, -0.1) is 0 Å². The van der Waals surface area contributed by atoms with Crippen molar-refractivity contribution in [2.45, 2.75) is 13.8 Å². The van der Waals surface area contributed by atoms with Crippen molar-refractivity contribution in [3.63, 3.8) is 0 Å². The lowest BCUT2D eigenvalue weighted by molar-refractivity contribution is 0.494. The van der Waals surface area contributed by atoms with Gasteiger partial charge in [-0.2, -0.15) is 0 Å². The van der Waals surface area contributed by atoms with E-state index in [0.29, 0.717) is 0 Å². The third kappa shape index (κ3) is 0.942. The lowest BCUT2D eigenvalue weighted by Crippen LogP contribution is -2.06. The molecule has 0 aromatic carbocycles. The van der Waals surface area contributed by atoms with Crippen LogP contribution in [0.15, 0.2) is 0 Å². The van der Waals surface area contributed by atoms with Crippen molar-refractivity contribution in [3.05, 3.63) is 0 Å². The zero-order valence-corrected chi connectivity index (χ0v) is 5.07. The molecular formula is C6H13N. The summed E-state index contributed by atoms with van der Waals surface area (Å²) in [7, 11) is 0. The van der Waals surface area contributed by atoms with Gasteiger partial charge in [0.25, 0.3) is 0 Å². The van der Waals surface area contributed by atoms with E-state index in [1.165, 1.54) is 13.1 Å². The van der Waals surface area contributed by atoms with Crippen LogP contribution in [0.4, 0.5) is 0 Å². The summed E-state index contributed by atoms with van der Waals surface area (Å²) in [5.74, 6) is 1.81. The van der Waals surface area contributed by atoms with E-state index in [0.717, 1.165) is 11.8 Å². The van der Waals surface area contributed by atoms with Crippen molar-refractivity contribution >= 4 is 0 Å². The molecule has 1 N–H and O–H groups in total. The van der Waals surface area contributed by atoms with Crippen molar-refractivity contribution in [2.24, 2.45) is 11.8 Å². The number of hydrogen-bond acceptors (Lipinski definition) is 1. The molecule has 1 aliphatic rings. The maximum Gasteiger partial charge on any atom is -0.00200 e. The Balaban J connectivity index is 2.33. The van der Waals surface area contributed by atoms with Crippen LogP contribution in [-0.2, 0) is 0 Å². The van der Waals surface area contributed by atoms with Crippen LogP contribution < -0.4 is 5.32 Å². The first-order valence-electron chi connectivity index (χ1n) is 3.01. The van der Waals surface area contributed by atoms with Crippen LogP contribution in [0.2, 0.25) is 0 Å². The van der Waals surface area contributed by atoms with Gasteiger partial charge in [0.2, 0.25) is 0 Å². The zero-order valence-electron chi connectivity index (χ0n) is 5.07.